The van der Waals surface area contributed by atoms with Crippen molar-refractivity contribution in [3.8, 4) is 11.8 Å². The van der Waals surface area contributed by atoms with Crippen LogP contribution in [0.25, 0.3) is 0 Å². The molecule has 0 aliphatic carbocycles. The van der Waals surface area contributed by atoms with Crippen molar-refractivity contribution < 1.29 is 14.1 Å². The summed E-state index contributed by atoms with van der Waals surface area (Å²) in [5.41, 5.74) is -0.440. The van der Waals surface area contributed by atoms with Crippen LogP contribution in [0.5, 0.6) is 5.75 Å². The molecule has 0 N–H and O–H groups in total. The largest absolute Gasteiger partial charge is 0.485 e. The predicted octanol–water partition coefficient (Wildman–Crippen LogP) is 2.27. The van der Waals surface area contributed by atoms with Crippen LogP contribution in [-0.2, 0) is 0 Å². The van der Waals surface area contributed by atoms with Crippen molar-refractivity contribution in [2.24, 2.45) is 5.92 Å². The van der Waals surface area contributed by atoms with Crippen molar-refractivity contribution in [1.82, 2.24) is 0 Å². The first-order valence-corrected chi connectivity index (χ1v) is 4.51. The summed E-state index contributed by atoms with van der Waals surface area (Å²) in [6, 6.07) is 4.96. The number of nitriles is 1. The van der Waals surface area contributed by atoms with Gasteiger partial charge in [-0.1, -0.05) is 0 Å². The van der Waals surface area contributed by atoms with Crippen molar-refractivity contribution in [2.75, 3.05) is 6.61 Å². The van der Waals surface area contributed by atoms with Gasteiger partial charge in [0.05, 0.1) is 23.0 Å². The van der Waals surface area contributed by atoms with E-state index in [-0.39, 0.29) is 18.3 Å². The van der Waals surface area contributed by atoms with Crippen molar-refractivity contribution in [2.45, 2.75) is 6.92 Å². The minimum atomic E-state index is -0.727. The van der Waals surface area contributed by atoms with Gasteiger partial charge in [0.1, 0.15) is 12.4 Å². The fourth-order valence-corrected chi connectivity index (χ4v) is 1.01. The van der Waals surface area contributed by atoms with E-state index in [4.69, 9.17) is 10.00 Å². The van der Waals surface area contributed by atoms with E-state index in [1.54, 1.807) is 6.92 Å². The molecule has 0 fully saturated rings. The van der Waals surface area contributed by atoms with E-state index in [1.807, 2.05) is 6.07 Å². The predicted molar refractivity (Wildman–Crippen MR) is 53.3 cm³/mol. The number of nitrogens with zero attached hydrogens (tertiary/aromatic N) is 2. The maximum atomic E-state index is 12.8. The molecule has 0 aliphatic rings. The van der Waals surface area contributed by atoms with Crippen LogP contribution >= 0.6 is 0 Å². The fraction of sp³-hybridized carbons (Fsp3) is 0.300. The molecule has 0 saturated carbocycles. The molecule has 0 aliphatic heterocycles. The highest BCUT2D eigenvalue weighted by Crippen LogP contribution is 2.27. The number of benzene rings is 1. The molecule has 6 heteroatoms. The first-order chi connectivity index (χ1) is 7.54. The van der Waals surface area contributed by atoms with E-state index in [1.165, 1.54) is 6.07 Å². The number of nitro benzene ring substituents is 1. The van der Waals surface area contributed by atoms with Gasteiger partial charge < -0.3 is 4.74 Å². The molecular weight excluding hydrogens is 215 g/mol. The van der Waals surface area contributed by atoms with Crippen LogP contribution in [0.3, 0.4) is 0 Å². The summed E-state index contributed by atoms with van der Waals surface area (Å²) in [5, 5.41) is 19.1. The Labute approximate surface area is 91.2 Å². The second-order valence-corrected chi connectivity index (χ2v) is 3.21. The molecule has 1 unspecified atom stereocenters. The van der Waals surface area contributed by atoms with Gasteiger partial charge in [-0.05, 0) is 19.1 Å². The lowest BCUT2D eigenvalue weighted by atomic mass is 10.2. The lowest BCUT2D eigenvalue weighted by Crippen LogP contribution is -2.07. The van der Waals surface area contributed by atoms with Gasteiger partial charge in [-0.25, -0.2) is 4.39 Å². The maximum Gasteiger partial charge on any atom is 0.313 e. The summed E-state index contributed by atoms with van der Waals surface area (Å²) >= 11 is 0. The summed E-state index contributed by atoms with van der Waals surface area (Å²) in [5.74, 6) is -1.12. The van der Waals surface area contributed by atoms with Crippen LogP contribution in [0.4, 0.5) is 10.1 Å². The molecule has 0 aromatic heterocycles. The second-order valence-electron chi connectivity index (χ2n) is 3.21. The minimum Gasteiger partial charge on any atom is -0.485 e. The van der Waals surface area contributed by atoms with Gasteiger partial charge in [0.2, 0.25) is 0 Å². The Bertz CT molecular complexity index is 442. The van der Waals surface area contributed by atoms with Gasteiger partial charge in [-0.3, -0.25) is 10.1 Å². The molecule has 16 heavy (non-hydrogen) atoms. The number of hydrogen-bond donors (Lipinski definition) is 0. The highest BCUT2D eigenvalue weighted by atomic mass is 19.1. The summed E-state index contributed by atoms with van der Waals surface area (Å²) < 4.78 is 17.8. The first-order valence-electron chi connectivity index (χ1n) is 4.51. The molecule has 84 valence electrons. The van der Waals surface area contributed by atoms with E-state index in [0.29, 0.717) is 0 Å². The van der Waals surface area contributed by atoms with Gasteiger partial charge in [0.15, 0.2) is 5.75 Å². The molecule has 1 rings (SSSR count). The Morgan fingerprint density at radius 1 is 1.69 bits per heavy atom. The van der Waals surface area contributed by atoms with Crippen LogP contribution in [0.1, 0.15) is 6.92 Å². The molecular formula is C10H9FN2O3. The highest BCUT2D eigenvalue weighted by molar-refractivity contribution is 5.46. The van der Waals surface area contributed by atoms with Crippen LogP contribution in [0.15, 0.2) is 18.2 Å². The number of hydrogen-bond acceptors (Lipinski definition) is 4. The Kier molecular flexibility index (Phi) is 3.78. The van der Waals surface area contributed by atoms with Crippen molar-refractivity contribution in [3.63, 3.8) is 0 Å². The van der Waals surface area contributed by atoms with Crippen molar-refractivity contribution in [1.29, 1.82) is 5.26 Å². The summed E-state index contributed by atoms with van der Waals surface area (Å²) in [7, 11) is 0. The van der Waals surface area contributed by atoms with E-state index < -0.39 is 16.4 Å². The Balaban J connectivity index is 2.88. The molecule has 0 bridgehead atoms. The van der Waals surface area contributed by atoms with Crippen LogP contribution < -0.4 is 4.74 Å². The number of ether oxygens (including phenoxy) is 1. The molecule has 1 aromatic carbocycles. The van der Waals surface area contributed by atoms with E-state index in [2.05, 4.69) is 0 Å². The van der Waals surface area contributed by atoms with Crippen LogP contribution in [0.2, 0.25) is 0 Å². The highest BCUT2D eigenvalue weighted by Gasteiger charge is 2.16. The quantitative estimate of drug-likeness (QED) is 0.580. The SMILES string of the molecule is CC(C#N)COc1ccc(F)cc1[N+](=O)[O-]. The van der Waals surface area contributed by atoms with Gasteiger partial charge >= 0.3 is 5.69 Å². The average molecular weight is 224 g/mol. The second kappa shape index (κ2) is 5.07. The monoisotopic (exact) mass is 224 g/mol. The number of rotatable bonds is 4. The molecule has 1 aromatic rings. The molecule has 0 radical (unpaired) electrons. The molecule has 0 heterocycles. The minimum absolute atomic E-state index is 0.0307. The lowest BCUT2D eigenvalue weighted by Gasteiger charge is -2.07. The van der Waals surface area contributed by atoms with E-state index in [9.17, 15) is 14.5 Å². The zero-order chi connectivity index (χ0) is 12.1. The summed E-state index contributed by atoms with van der Waals surface area (Å²) in [4.78, 5) is 9.86. The third-order valence-corrected chi connectivity index (χ3v) is 1.83. The maximum absolute atomic E-state index is 12.8. The van der Waals surface area contributed by atoms with E-state index in [0.717, 1.165) is 12.1 Å². The van der Waals surface area contributed by atoms with E-state index >= 15 is 0 Å². The lowest BCUT2D eigenvalue weighted by molar-refractivity contribution is -0.386. The van der Waals surface area contributed by atoms with Crippen LogP contribution in [0, 0.1) is 33.2 Å². The average Bonchev–Trinajstić information content (AvgIpc) is 2.26. The summed E-state index contributed by atoms with van der Waals surface area (Å²) in [6.45, 7) is 1.65. The van der Waals surface area contributed by atoms with Crippen molar-refractivity contribution in [3.05, 3.63) is 34.1 Å². The smallest absolute Gasteiger partial charge is 0.313 e. The zero-order valence-corrected chi connectivity index (χ0v) is 8.51. The molecule has 0 spiro atoms. The van der Waals surface area contributed by atoms with Gasteiger partial charge in [0, 0.05) is 0 Å². The van der Waals surface area contributed by atoms with Crippen molar-refractivity contribution >= 4 is 5.69 Å². The normalized spacial score (nSPS) is 11.6. The molecule has 0 saturated heterocycles. The fourth-order valence-electron chi connectivity index (χ4n) is 1.01. The Morgan fingerprint density at radius 2 is 2.38 bits per heavy atom. The molecule has 1 atom stereocenters. The van der Waals surface area contributed by atoms with Gasteiger partial charge in [-0.2, -0.15) is 5.26 Å². The summed E-state index contributed by atoms with van der Waals surface area (Å²) in [6.07, 6.45) is 0. The number of nitro groups is 1. The Hall–Kier alpha value is -2.16. The third kappa shape index (κ3) is 2.92. The molecule has 0 amide bonds. The number of halogens is 1. The third-order valence-electron chi connectivity index (χ3n) is 1.83. The van der Waals surface area contributed by atoms with Crippen LogP contribution in [-0.4, -0.2) is 11.5 Å². The zero-order valence-electron chi connectivity index (χ0n) is 8.51. The first kappa shape index (κ1) is 11.9. The van der Waals surface area contributed by atoms with Gasteiger partial charge in [-0.15, -0.1) is 0 Å². The molecule has 5 nitrogen and oxygen atoms in total. The van der Waals surface area contributed by atoms with Gasteiger partial charge in [0.25, 0.3) is 0 Å². The standard InChI is InChI=1S/C10H9FN2O3/c1-7(5-12)6-16-10-3-2-8(11)4-9(10)13(14)15/h2-4,7H,6H2,1H3. The Morgan fingerprint density at radius 3 is 2.94 bits per heavy atom. The topological polar surface area (TPSA) is 76.2 Å².